The summed E-state index contributed by atoms with van der Waals surface area (Å²) in [7, 11) is 0.605. The van der Waals surface area contributed by atoms with Crippen molar-refractivity contribution in [2.45, 2.75) is 26.3 Å². The van der Waals surface area contributed by atoms with Crippen molar-refractivity contribution in [2.75, 3.05) is 40.0 Å². The molecule has 0 spiro atoms. The first-order valence-corrected chi connectivity index (χ1v) is 9.95. The van der Waals surface area contributed by atoms with E-state index in [2.05, 4.69) is 10.2 Å². The number of amides is 1. The van der Waals surface area contributed by atoms with Crippen LogP contribution in [-0.2, 0) is 21.4 Å². The highest BCUT2D eigenvalue weighted by Crippen LogP contribution is 2.11. The summed E-state index contributed by atoms with van der Waals surface area (Å²) in [5, 5.41) is 2.83. The lowest BCUT2D eigenvalue weighted by molar-refractivity contribution is -0.121. The molecule has 1 aromatic rings. The van der Waals surface area contributed by atoms with Gasteiger partial charge in [0.2, 0.25) is 15.9 Å². The van der Waals surface area contributed by atoms with Crippen LogP contribution in [0.2, 0.25) is 0 Å². The number of benzene rings is 1. The fraction of sp³-hybridized carbons (Fsp3) is 0.588. The molecule has 136 valence electrons. The second kappa shape index (κ2) is 9.76. The lowest BCUT2D eigenvalue weighted by Crippen LogP contribution is -2.34. The van der Waals surface area contributed by atoms with Gasteiger partial charge in [0.1, 0.15) is 0 Å². The van der Waals surface area contributed by atoms with E-state index in [1.165, 1.54) is 10.6 Å². The molecule has 0 saturated carbocycles. The van der Waals surface area contributed by atoms with E-state index in [1.807, 2.05) is 45.3 Å². The van der Waals surface area contributed by atoms with Crippen LogP contribution in [-0.4, -0.2) is 63.5 Å². The minimum Gasteiger partial charge on any atom is -0.356 e. The van der Waals surface area contributed by atoms with Crippen molar-refractivity contribution in [1.29, 1.82) is 0 Å². The van der Waals surface area contributed by atoms with Gasteiger partial charge in [0.25, 0.3) is 0 Å². The predicted octanol–water partition coefficient (Wildman–Crippen LogP) is 1.21. The second-order valence-corrected chi connectivity index (χ2v) is 8.32. The molecule has 24 heavy (non-hydrogen) atoms. The molecule has 0 heterocycles. The lowest BCUT2D eigenvalue weighted by Gasteiger charge is -2.20. The van der Waals surface area contributed by atoms with Gasteiger partial charge in [-0.2, -0.15) is 4.31 Å². The van der Waals surface area contributed by atoms with Crippen LogP contribution < -0.4 is 5.32 Å². The minimum absolute atomic E-state index is 0.119. The molecule has 0 unspecified atom stereocenters. The van der Waals surface area contributed by atoms with E-state index in [0.717, 1.165) is 24.1 Å². The number of nitrogens with zero attached hydrogens (tertiary/aromatic N) is 2. The third-order valence-electron chi connectivity index (χ3n) is 3.60. The van der Waals surface area contributed by atoms with Crippen molar-refractivity contribution in [2.24, 2.45) is 0 Å². The fourth-order valence-electron chi connectivity index (χ4n) is 2.31. The quantitative estimate of drug-likeness (QED) is 0.641. The van der Waals surface area contributed by atoms with Gasteiger partial charge in [-0.3, -0.25) is 4.79 Å². The number of aryl methyl sites for hydroxylation is 1. The molecule has 0 atom stereocenters. The van der Waals surface area contributed by atoms with E-state index in [0.29, 0.717) is 6.54 Å². The standard InChI is InChI=1S/C17H29N3O3S/c1-15-7-5-8-16(13-15)14-20(24(4,22)23)12-9-17(21)18-10-6-11-19(2)3/h5,7-8,13H,6,9-12,14H2,1-4H3,(H,18,21). The highest BCUT2D eigenvalue weighted by molar-refractivity contribution is 7.88. The SMILES string of the molecule is Cc1cccc(CN(CCC(=O)NCCCN(C)C)S(C)(=O)=O)c1. The van der Waals surface area contributed by atoms with Crippen LogP contribution in [0.1, 0.15) is 24.0 Å². The summed E-state index contributed by atoms with van der Waals surface area (Å²) in [4.78, 5) is 13.9. The van der Waals surface area contributed by atoms with E-state index in [-0.39, 0.29) is 25.4 Å². The van der Waals surface area contributed by atoms with Crippen molar-refractivity contribution in [3.05, 3.63) is 35.4 Å². The Labute approximate surface area is 145 Å². The van der Waals surface area contributed by atoms with Gasteiger partial charge >= 0.3 is 0 Å². The average Bonchev–Trinajstić information content (AvgIpc) is 2.46. The summed E-state index contributed by atoms with van der Waals surface area (Å²) < 4.78 is 25.3. The van der Waals surface area contributed by atoms with E-state index < -0.39 is 10.0 Å². The maximum Gasteiger partial charge on any atom is 0.221 e. The van der Waals surface area contributed by atoms with Crippen LogP contribution in [0.4, 0.5) is 0 Å². The average molecular weight is 356 g/mol. The van der Waals surface area contributed by atoms with Crippen LogP contribution in [0.25, 0.3) is 0 Å². The van der Waals surface area contributed by atoms with Crippen molar-refractivity contribution in [3.63, 3.8) is 0 Å². The number of rotatable bonds is 10. The van der Waals surface area contributed by atoms with Gasteiger partial charge in [-0.1, -0.05) is 29.8 Å². The third-order valence-corrected chi connectivity index (χ3v) is 4.85. The molecule has 1 amide bonds. The molecule has 1 N–H and O–H groups in total. The van der Waals surface area contributed by atoms with Gasteiger partial charge in [0, 0.05) is 26.1 Å². The van der Waals surface area contributed by atoms with Gasteiger partial charge in [-0.05, 0) is 39.5 Å². The summed E-state index contributed by atoms with van der Waals surface area (Å²) in [6.45, 7) is 3.95. The Bertz CT molecular complexity index is 630. The minimum atomic E-state index is -3.36. The van der Waals surface area contributed by atoms with Gasteiger partial charge in [-0.15, -0.1) is 0 Å². The summed E-state index contributed by atoms with van der Waals surface area (Å²) in [6.07, 6.45) is 2.22. The topological polar surface area (TPSA) is 69.7 Å². The van der Waals surface area contributed by atoms with Crippen molar-refractivity contribution in [3.8, 4) is 0 Å². The molecule has 0 aromatic heterocycles. The molecular weight excluding hydrogens is 326 g/mol. The molecular formula is C17H29N3O3S. The summed E-state index contributed by atoms with van der Waals surface area (Å²) in [5.74, 6) is -0.119. The van der Waals surface area contributed by atoms with Crippen molar-refractivity contribution in [1.82, 2.24) is 14.5 Å². The number of sulfonamides is 1. The number of hydrogen-bond acceptors (Lipinski definition) is 4. The first-order chi connectivity index (χ1) is 11.2. The summed E-state index contributed by atoms with van der Waals surface area (Å²) in [6, 6.07) is 7.73. The first kappa shape index (κ1) is 20.6. The molecule has 6 nitrogen and oxygen atoms in total. The largest absolute Gasteiger partial charge is 0.356 e. The zero-order valence-electron chi connectivity index (χ0n) is 15.1. The normalized spacial score (nSPS) is 11.9. The molecule has 7 heteroatoms. The van der Waals surface area contributed by atoms with E-state index >= 15 is 0 Å². The Hall–Kier alpha value is -1.44. The first-order valence-electron chi connectivity index (χ1n) is 8.10. The molecule has 0 aliphatic rings. The molecule has 0 saturated heterocycles. The Kier molecular flexibility index (Phi) is 8.38. The number of carbonyl (C=O) groups is 1. The molecule has 0 aliphatic heterocycles. The maximum absolute atomic E-state index is 12.0. The maximum atomic E-state index is 12.0. The van der Waals surface area contributed by atoms with Crippen LogP contribution in [0.5, 0.6) is 0 Å². The number of hydrogen-bond donors (Lipinski definition) is 1. The Morgan fingerprint density at radius 2 is 1.92 bits per heavy atom. The van der Waals surface area contributed by atoms with Gasteiger partial charge < -0.3 is 10.2 Å². The number of nitrogens with one attached hydrogen (secondary N) is 1. The molecule has 1 rings (SSSR count). The van der Waals surface area contributed by atoms with Gasteiger partial charge in [0.15, 0.2) is 0 Å². The van der Waals surface area contributed by atoms with E-state index in [1.54, 1.807) is 0 Å². The Morgan fingerprint density at radius 1 is 1.21 bits per heavy atom. The molecule has 0 radical (unpaired) electrons. The number of carbonyl (C=O) groups excluding carboxylic acids is 1. The van der Waals surface area contributed by atoms with Crippen molar-refractivity contribution < 1.29 is 13.2 Å². The third kappa shape index (κ3) is 8.42. The second-order valence-electron chi connectivity index (χ2n) is 6.34. The van der Waals surface area contributed by atoms with Crippen LogP contribution >= 0.6 is 0 Å². The Morgan fingerprint density at radius 3 is 2.50 bits per heavy atom. The molecule has 0 bridgehead atoms. The van der Waals surface area contributed by atoms with Crippen LogP contribution in [0.15, 0.2) is 24.3 Å². The Balaban J connectivity index is 2.51. The summed E-state index contributed by atoms with van der Waals surface area (Å²) in [5.41, 5.74) is 2.01. The molecule has 0 aliphatic carbocycles. The van der Waals surface area contributed by atoms with Gasteiger partial charge in [0.05, 0.1) is 6.26 Å². The molecule has 1 aromatic carbocycles. The van der Waals surface area contributed by atoms with Gasteiger partial charge in [-0.25, -0.2) is 8.42 Å². The van der Waals surface area contributed by atoms with E-state index in [9.17, 15) is 13.2 Å². The highest BCUT2D eigenvalue weighted by atomic mass is 32.2. The van der Waals surface area contributed by atoms with Crippen LogP contribution in [0.3, 0.4) is 0 Å². The highest BCUT2D eigenvalue weighted by Gasteiger charge is 2.18. The van der Waals surface area contributed by atoms with Crippen molar-refractivity contribution >= 4 is 15.9 Å². The predicted molar refractivity (Wildman–Crippen MR) is 97.2 cm³/mol. The zero-order chi connectivity index (χ0) is 18.2. The zero-order valence-corrected chi connectivity index (χ0v) is 15.9. The molecule has 0 fully saturated rings. The fourth-order valence-corrected chi connectivity index (χ4v) is 3.12. The smallest absolute Gasteiger partial charge is 0.221 e. The monoisotopic (exact) mass is 355 g/mol. The summed E-state index contributed by atoms with van der Waals surface area (Å²) >= 11 is 0. The lowest BCUT2D eigenvalue weighted by atomic mass is 10.1. The van der Waals surface area contributed by atoms with Crippen LogP contribution in [0, 0.1) is 6.92 Å². The van der Waals surface area contributed by atoms with E-state index in [4.69, 9.17) is 0 Å².